The van der Waals surface area contributed by atoms with Crippen molar-refractivity contribution < 1.29 is 24.1 Å². The van der Waals surface area contributed by atoms with Gasteiger partial charge in [-0.15, -0.1) is 0 Å². The Morgan fingerprint density at radius 1 is 0.943 bits per heavy atom. The Morgan fingerprint density at radius 3 is 1.97 bits per heavy atom. The number of carbonyl (C=O) groups excluding carboxylic acids is 4. The molecule has 1 saturated carbocycles. The smallest absolute Gasteiger partial charge is 0.273 e. The molecule has 178 valence electrons. The molecule has 9 nitrogen and oxygen atoms in total. The number of nitro benzene ring substituents is 1. The van der Waals surface area contributed by atoms with Crippen molar-refractivity contribution in [2.75, 3.05) is 0 Å². The second kappa shape index (κ2) is 8.26. The SMILES string of the molecule is Cc1ccc(C(=O)[C@H](C)N(C(=O)c2ccc([N+](=O)[O-])cc2)N2C(=O)[C@@H]3[C@H](C2=O)[C@H]2C=C[C@H]3C2)cc1. The number of allylic oxidation sites excluding steroid dienone is 2. The average molecular weight is 473 g/mol. The quantitative estimate of drug-likeness (QED) is 0.209. The van der Waals surface area contributed by atoms with Gasteiger partial charge in [0.25, 0.3) is 23.4 Å². The van der Waals surface area contributed by atoms with Gasteiger partial charge >= 0.3 is 0 Å². The summed E-state index contributed by atoms with van der Waals surface area (Å²) in [4.78, 5) is 64.5. The molecular weight excluding hydrogens is 450 g/mol. The zero-order chi connectivity index (χ0) is 25.0. The molecule has 0 radical (unpaired) electrons. The third-order valence-corrected chi connectivity index (χ3v) is 7.28. The van der Waals surface area contributed by atoms with Gasteiger partial charge in [0, 0.05) is 23.3 Å². The predicted octanol–water partition coefficient (Wildman–Crippen LogP) is 3.34. The molecule has 3 amide bonds. The molecule has 2 bridgehead atoms. The summed E-state index contributed by atoms with van der Waals surface area (Å²) in [6.07, 6.45) is 4.63. The van der Waals surface area contributed by atoms with Gasteiger partial charge in [0.15, 0.2) is 5.78 Å². The molecule has 5 atom stereocenters. The molecule has 35 heavy (non-hydrogen) atoms. The van der Waals surface area contributed by atoms with Gasteiger partial charge in [-0.1, -0.05) is 42.0 Å². The van der Waals surface area contributed by atoms with Crippen molar-refractivity contribution in [2.24, 2.45) is 23.7 Å². The maximum atomic E-state index is 13.7. The highest BCUT2D eigenvalue weighted by Crippen LogP contribution is 2.53. The van der Waals surface area contributed by atoms with Gasteiger partial charge in [-0.3, -0.25) is 29.3 Å². The number of benzene rings is 2. The van der Waals surface area contributed by atoms with Crippen LogP contribution in [0.5, 0.6) is 0 Å². The molecule has 1 saturated heterocycles. The van der Waals surface area contributed by atoms with E-state index in [4.69, 9.17) is 0 Å². The number of nitrogens with zero attached hydrogens (tertiary/aromatic N) is 3. The molecule has 0 N–H and O–H groups in total. The van der Waals surface area contributed by atoms with Crippen molar-refractivity contribution in [3.05, 3.63) is 87.5 Å². The molecule has 9 heteroatoms. The van der Waals surface area contributed by atoms with E-state index in [1.165, 1.54) is 31.2 Å². The number of rotatable bonds is 6. The molecule has 1 heterocycles. The van der Waals surface area contributed by atoms with Crippen molar-refractivity contribution in [2.45, 2.75) is 26.3 Å². The Labute approximate surface area is 201 Å². The third-order valence-electron chi connectivity index (χ3n) is 7.28. The molecule has 0 aromatic heterocycles. The Morgan fingerprint density at radius 2 is 1.46 bits per heavy atom. The standard InChI is InChI=1S/C26H23N3O6/c1-14-3-5-16(6-4-14)23(30)15(2)27(24(31)17-9-11-20(12-10-17)29(34)35)28-25(32)21-18-7-8-19(13-18)22(21)26(28)33/h3-12,15,18-19,21-22H,13H2,1-2H3/t15-,18-,19-,21-,22+/m0/s1. The highest BCUT2D eigenvalue weighted by Gasteiger charge is 2.61. The van der Waals surface area contributed by atoms with Crippen LogP contribution in [0.15, 0.2) is 60.7 Å². The minimum absolute atomic E-state index is 0.0258. The summed E-state index contributed by atoms with van der Waals surface area (Å²) in [7, 11) is 0. The zero-order valence-corrected chi connectivity index (χ0v) is 19.2. The Hall–Kier alpha value is -4.14. The molecule has 0 unspecified atom stereocenters. The minimum atomic E-state index is -1.17. The number of amides is 3. The number of hydrogen-bond donors (Lipinski definition) is 0. The normalized spacial score (nSPS) is 25.0. The van der Waals surface area contributed by atoms with E-state index in [0.717, 1.165) is 22.0 Å². The van der Waals surface area contributed by atoms with Crippen LogP contribution in [-0.4, -0.2) is 44.5 Å². The first kappa shape index (κ1) is 22.6. The van der Waals surface area contributed by atoms with Crippen molar-refractivity contribution >= 4 is 29.2 Å². The highest BCUT2D eigenvalue weighted by molar-refractivity contribution is 6.11. The van der Waals surface area contributed by atoms with Gasteiger partial charge in [-0.25, -0.2) is 5.01 Å². The summed E-state index contributed by atoms with van der Waals surface area (Å²) < 4.78 is 0. The first-order valence-corrected chi connectivity index (χ1v) is 11.4. The lowest BCUT2D eigenvalue weighted by Crippen LogP contribution is -2.56. The van der Waals surface area contributed by atoms with E-state index in [2.05, 4.69) is 0 Å². The van der Waals surface area contributed by atoms with Gasteiger partial charge < -0.3 is 0 Å². The summed E-state index contributed by atoms with van der Waals surface area (Å²) in [5.41, 5.74) is 1.11. The number of imide groups is 1. The molecule has 2 aliphatic carbocycles. The van der Waals surface area contributed by atoms with E-state index in [9.17, 15) is 29.3 Å². The zero-order valence-electron chi connectivity index (χ0n) is 19.2. The maximum absolute atomic E-state index is 13.7. The molecule has 2 aromatic carbocycles. The highest BCUT2D eigenvalue weighted by atomic mass is 16.6. The molecule has 1 aliphatic heterocycles. The number of hydrogen-bond acceptors (Lipinski definition) is 6. The van der Waals surface area contributed by atoms with E-state index in [1.807, 2.05) is 19.1 Å². The van der Waals surface area contributed by atoms with Crippen molar-refractivity contribution in [1.29, 1.82) is 0 Å². The van der Waals surface area contributed by atoms with Crippen LogP contribution in [0.4, 0.5) is 5.69 Å². The number of aryl methyl sites for hydroxylation is 1. The Kier molecular flexibility index (Phi) is 5.35. The number of carbonyl (C=O) groups is 4. The lowest BCUT2D eigenvalue weighted by molar-refractivity contribution is -0.384. The topological polar surface area (TPSA) is 118 Å². The van der Waals surface area contributed by atoms with Crippen LogP contribution in [0.2, 0.25) is 0 Å². The predicted molar refractivity (Wildman–Crippen MR) is 124 cm³/mol. The summed E-state index contributed by atoms with van der Waals surface area (Å²) in [5, 5.41) is 12.8. The number of non-ortho nitro benzene ring substituents is 1. The van der Waals surface area contributed by atoms with Gasteiger partial charge in [0.2, 0.25) is 0 Å². The van der Waals surface area contributed by atoms with Gasteiger partial charge in [0.1, 0.15) is 6.04 Å². The number of Topliss-reactive ketones (excluding diaryl/α,β-unsaturated/α-hetero) is 1. The summed E-state index contributed by atoms with van der Waals surface area (Å²) in [6.45, 7) is 3.36. The first-order valence-electron chi connectivity index (χ1n) is 11.4. The molecule has 5 rings (SSSR count). The number of ketones is 1. The number of fused-ring (bicyclic) bond motifs is 5. The lowest BCUT2D eigenvalue weighted by Gasteiger charge is -2.35. The second-order valence-electron chi connectivity index (χ2n) is 9.35. The molecular formula is C26H23N3O6. The van der Waals surface area contributed by atoms with Crippen LogP contribution >= 0.6 is 0 Å². The van der Waals surface area contributed by atoms with E-state index < -0.39 is 46.3 Å². The number of nitro groups is 1. The molecule has 3 aliphatic rings. The Balaban J connectivity index is 1.54. The van der Waals surface area contributed by atoms with Crippen LogP contribution in [-0.2, 0) is 9.59 Å². The largest absolute Gasteiger partial charge is 0.292 e. The van der Waals surface area contributed by atoms with Crippen molar-refractivity contribution in [3.63, 3.8) is 0 Å². The lowest BCUT2D eigenvalue weighted by atomic mass is 9.85. The minimum Gasteiger partial charge on any atom is -0.292 e. The number of hydrazine groups is 1. The van der Waals surface area contributed by atoms with Crippen LogP contribution in [0, 0.1) is 40.7 Å². The summed E-state index contributed by atoms with van der Waals surface area (Å²) >= 11 is 0. The fraction of sp³-hybridized carbons (Fsp3) is 0.308. The fourth-order valence-electron chi connectivity index (χ4n) is 5.47. The van der Waals surface area contributed by atoms with Gasteiger partial charge in [0.05, 0.1) is 16.8 Å². The van der Waals surface area contributed by atoms with E-state index in [-0.39, 0.29) is 23.1 Å². The van der Waals surface area contributed by atoms with E-state index in [1.54, 1.807) is 24.3 Å². The Bertz CT molecular complexity index is 1250. The van der Waals surface area contributed by atoms with Crippen molar-refractivity contribution in [3.8, 4) is 0 Å². The molecule has 2 aromatic rings. The van der Waals surface area contributed by atoms with Gasteiger partial charge in [-0.2, -0.15) is 5.01 Å². The maximum Gasteiger partial charge on any atom is 0.273 e. The van der Waals surface area contributed by atoms with Crippen LogP contribution in [0.25, 0.3) is 0 Å². The first-order chi connectivity index (χ1) is 16.7. The average Bonchev–Trinajstić information content (AvgIpc) is 3.54. The molecule has 2 fully saturated rings. The second-order valence-corrected chi connectivity index (χ2v) is 9.35. The van der Waals surface area contributed by atoms with E-state index >= 15 is 0 Å². The van der Waals surface area contributed by atoms with Crippen LogP contribution < -0.4 is 0 Å². The summed E-state index contributed by atoms with van der Waals surface area (Å²) in [6, 6.07) is 10.5. The fourth-order valence-corrected chi connectivity index (χ4v) is 5.47. The summed E-state index contributed by atoms with van der Waals surface area (Å²) in [5.74, 6) is -3.39. The van der Waals surface area contributed by atoms with Crippen LogP contribution in [0.1, 0.15) is 39.6 Å². The monoisotopic (exact) mass is 473 g/mol. The third kappa shape index (κ3) is 3.54. The molecule has 0 spiro atoms. The van der Waals surface area contributed by atoms with E-state index in [0.29, 0.717) is 5.56 Å². The van der Waals surface area contributed by atoms with Crippen LogP contribution in [0.3, 0.4) is 0 Å². The van der Waals surface area contributed by atoms with Gasteiger partial charge in [-0.05, 0) is 44.2 Å². The van der Waals surface area contributed by atoms with Crippen molar-refractivity contribution in [1.82, 2.24) is 10.0 Å².